The minimum Gasteiger partial charge on any atom is -0.497 e. The summed E-state index contributed by atoms with van der Waals surface area (Å²) in [4.78, 5) is 25.5. The molecule has 0 saturated carbocycles. The second kappa shape index (κ2) is 15.2. The van der Waals surface area contributed by atoms with Gasteiger partial charge in [0.15, 0.2) is 5.11 Å². The smallest absolute Gasteiger partial charge is 0.228 e. The molecule has 11 nitrogen and oxygen atoms in total. The lowest BCUT2D eigenvalue weighted by Gasteiger charge is -2.28. The third-order valence-electron chi connectivity index (χ3n) is 8.81. The predicted octanol–water partition coefficient (Wildman–Crippen LogP) is 6.03. The van der Waals surface area contributed by atoms with Crippen molar-refractivity contribution in [1.82, 2.24) is 19.9 Å². The van der Waals surface area contributed by atoms with E-state index in [4.69, 9.17) is 46.4 Å². The van der Waals surface area contributed by atoms with Gasteiger partial charge in [-0.1, -0.05) is 30.3 Å². The fraction of sp³-hybridized carbons (Fsp3) is 0.270. The number of thiocarbonyl (C=S) groups is 1. The number of nitrogens with one attached hydrogen (secondary N) is 1. The number of halogens is 2. The zero-order chi connectivity index (χ0) is 35.3. The van der Waals surface area contributed by atoms with Crippen LogP contribution in [0.3, 0.4) is 0 Å². The van der Waals surface area contributed by atoms with E-state index in [-0.39, 0.29) is 10.8 Å². The number of hydrogen-bond donors (Lipinski definition) is 1. The lowest BCUT2D eigenvalue weighted by Crippen LogP contribution is -2.38. The molecule has 2 aliphatic rings. The summed E-state index contributed by atoms with van der Waals surface area (Å²) in [6.45, 7) is 3.87. The molecule has 2 aromatic heterocycles. The van der Waals surface area contributed by atoms with E-state index < -0.39 is 11.6 Å². The molecule has 1 saturated heterocycles. The molecule has 4 heterocycles. The summed E-state index contributed by atoms with van der Waals surface area (Å²) in [5.74, 6) is 1.71. The molecule has 1 N–H and O–H groups in total. The normalized spacial score (nSPS) is 13.9. The SMILES string of the molecule is COc1ccc(CN(Cc2ccc(OC)cc2)c2ncc(-c3nc(N4CCOCC4)nc4c3CCN4C(=S)Nc3c(F)cccc3F)cn2)cc1. The third kappa shape index (κ3) is 7.51. The highest BCUT2D eigenvalue weighted by Gasteiger charge is 2.31. The highest BCUT2D eigenvalue weighted by molar-refractivity contribution is 7.80. The monoisotopic (exact) mass is 710 g/mol. The molecule has 51 heavy (non-hydrogen) atoms. The topological polar surface area (TPSA) is 101 Å². The molecule has 14 heteroatoms. The van der Waals surface area contributed by atoms with Crippen LogP contribution in [-0.2, 0) is 24.2 Å². The highest BCUT2D eigenvalue weighted by Crippen LogP contribution is 2.36. The largest absolute Gasteiger partial charge is 0.497 e. The first kappa shape index (κ1) is 34.0. The van der Waals surface area contributed by atoms with Crippen LogP contribution in [0.15, 0.2) is 79.1 Å². The van der Waals surface area contributed by atoms with Gasteiger partial charge in [0.2, 0.25) is 11.9 Å². The molecule has 7 rings (SSSR count). The minimum absolute atomic E-state index is 0.134. The molecule has 2 aliphatic heterocycles. The molecular formula is C37H36F2N8O3S. The van der Waals surface area contributed by atoms with Crippen LogP contribution in [0.5, 0.6) is 11.5 Å². The standard InChI is InChI=1S/C37H36F2N8O3S/c1-48-27-10-6-24(7-11-27)22-46(23-25-8-12-28(49-2)13-9-25)35-40-20-26(21-41-35)32-29-14-15-47(37(51)43-33-30(38)4-3-5-31(33)39)34(29)44-36(42-32)45-16-18-50-19-17-45/h3-13,20-21H,14-19,22-23H2,1-2H3,(H,43,51). The molecule has 0 atom stereocenters. The summed E-state index contributed by atoms with van der Waals surface area (Å²) in [6.07, 6.45) is 4.10. The average molecular weight is 711 g/mol. The van der Waals surface area contributed by atoms with Crippen LogP contribution in [0.4, 0.5) is 32.2 Å². The van der Waals surface area contributed by atoms with Crippen molar-refractivity contribution in [2.75, 3.05) is 67.1 Å². The summed E-state index contributed by atoms with van der Waals surface area (Å²) < 4.78 is 45.3. The Bertz CT molecular complexity index is 1930. The number of methoxy groups -OCH3 is 2. The molecule has 5 aromatic rings. The molecule has 0 aliphatic carbocycles. The van der Waals surface area contributed by atoms with Gasteiger partial charge in [-0.05, 0) is 66.2 Å². The van der Waals surface area contributed by atoms with Gasteiger partial charge < -0.3 is 34.2 Å². The van der Waals surface area contributed by atoms with Gasteiger partial charge in [0.05, 0.1) is 33.1 Å². The molecule has 0 radical (unpaired) electrons. The molecule has 3 aromatic carbocycles. The van der Waals surface area contributed by atoms with E-state index in [1.54, 1.807) is 31.5 Å². The third-order valence-corrected chi connectivity index (χ3v) is 9.13. The molecule has 1 fully saturated rings. The second-order valence-electron chi connectivity index (χ2n) is 12.0. The van der Waals surface area contributed by atoms with Gasteiger partial charge in [0.1, 0.15) is 34.6 Å². The van der Waals surface area contributed by atoms with Crippen molar-refractivity contribution >= 4 is 40.7 Å². The van der Waals surface area contributed by atoms with Gasteiger partial charge >= 0.3 is 0 Å². The number of nitrogens with zero attached hydrogens (tertiary/aromatic N) is 7. The highest BCUT2D eigenvalue weighted by atomic mass is 32.1. The van der Waals surface area contributed by atoms with E-state index in [2.05, 4.69) is 15.1 Å². The number of aromatic nitrogens is 4. The fourth-order valence-electron chi connectivity index (χ4n) is 6.08. The lowest BCUT2D eigenvalue weighted by molar-refractivity contribution is 0.122. The number of ether oxygens (including phenoxy) is 3. The average Bonchev–Trinajstić information content (AvgIpc) is 3.61. The van der Waals surface area contributed by atoms with Gasteiger partial charge in [0.25, 0.3) is 0 Å². The summed E-state index contributed by atoms with van der Waals surface area (Å²) >= 11 is 5.68. The number of rotatable bonds is 10. The van der Waals surface area contributed by atoms with Crippen LogP contribution in [0.2, 0.25) is 0 Å². The Labute approximate surface area is 299 Å². The molecule has 262 valence electrons. The number of benzene rings is 3. The molecule has 0 spiro atoms. The summed E-state index contributed by atoms with van der Waals surface area (Å²) in [5.41, 5.74) is 4.06. The van der Waals surface area contributed by atoms with Gasteiger partial charge in [-0.15, -0.1) is 0 Å². The van der Waals surface area contributed by atoms with Crippen molar-refractivity contribution in [1.29, 1.82) is 0 Å². The first-order valence-electron chi connectivity index (χ1n) is 16.5. The van der Waals surface area contributed by atoms with E-state index in [0.717, 1.165) is 28.2 Å². The predicted molar refractivity (Wildman–Crippen MR) is 196 cm³/mol. The number of morpholine rings is 1. The van der Waals surface area contributed by atoms with E-state index >= 15 is 0 Å². The van der Waals surface area contributed by atoms with Crippen LogP contribution >= 0.6 is 12.2 Å². The van der Waals surface area contributed by atoms with Crippen LogP contribution < -0.4 is 29.5 Å². The Kier molecular flexibility index (Phi) is 10.1. The Balaban J connectivity index is 1.22. The Morgan fingerprint density at radius 3 is 2.00 bits per heavy atom. The van der Waals surface area contributed by atoms with Crippen molar-refractivity contribution in [2.24, 2.45) is 0 Å². The summed E-state index contributed by atoms with van der Waals surface area (Å²) in [6, 6.07) is 19.5. The maximum atomic E-state index is 14.5. The molecule has 0 amide bonds. The Hall–Kier alpha value is -5.47. The van der Waals surface area contributed by atoms with E-state index in [9.17, 15) is 8.78 Å². The number of anilines is 4. The fourth-order valence-corrected chi connectivity index (χ4v) is 6.36. The second-order valence-corrected chi connectivity index (χ2v) is 12.4. The molecule has 0 bridgehead atoms. The van der Waals surface area contributed by atoms with E-state index in [0.29, 0.717) is 81.3 Å². The maximum absolute atomic E-state index is 14.5. The van der Waals surface area contributed by atoms with Gasteiger partial charge in [-0.2, -0.15) is 4.98 Å². The zero-order valence-corrected chi connectivity index (χ0v) is 29.0. The Morgan fingerprint density at radius 2 is 1.43 bits per heavy atom. The summed E-state index contributed by atoms with van der Waals surface area (Å²) in [5, 5.41) is 2.90. The zero-order valence-electron chi connectivity index (χ0n) is 28.2. The number of para-hydroxylation sites is 1. The van der Waals surface area contributed by atoms with Crippen LogP contribution in [0, 0.1) is 11.6 Å². The molecular weight excluding hydrogens is 675 g/mol. The quantitative estimate of drug-likeness (QED) is 0.171. The summed E-state index contributed by atoms with van der Waals surface area (Å²) in [7, 11) is 3.29. The van der Waals surface area contributed by atoms with Crippen molar-refractivity contribution in [2.45, 2.75) is 19.5 Å². The van der Waals surface area contributed by atoms with Crippen LogP contribution in [0.25, 0.3) is 11.3 Å². The van der Waals surface area contributed by atoms with Gasteiger partial charge in [-0.25, -0.2) is 23.7 Å². The van der Waals surface area contributed by atoms with Gasteiger partial charge in [0, 0.05) is 56.2 Å². The van der Waals surface area contributed by atoms with Gasteiger partial charge in [-0.3, -0.25) is 0 Å². The number of hydrogen-bond acceptors (Lipinski definition) is 10. The maximum Gasteiger partial charge on any atom is 0.228 e. The lowest BCUT2D eigenvalue weighted by atomic mass is 10.1. The van der Waals surface area contributed by atoms with Crippen molar-refractivity contribution < 1.29 is 23.0 Å². The first-order valence-corrected chi connectivity index (χ1v) is 16.9. The van der Waals surface area contributed by atoms with Crippen molar-refractivity contribution in [3.63, 3.8) is 0 Å². The van der Waals surface area contributed by atoms with Crippen molar-refractivity contribution in [3.05, 3.63) is 107 Å². The first-order chi connectivity index (χ1) is 24.9. The molecule has 0 unspecified atom stereocenters. The van der Waals surface area contributed by atoms with E-state index in [1.165, 1.54) is 18.2 Å². The minimum atomic E-state index is -0.737. The van der Waals surface area contributed by atoms with E-state index in [1.807, 2.05) is 48.5 Å². The number of fused-ring (bicyclic) bond motifs is 1. The Morgan fingerprint density at radius 1 is 0.843 bits per heavy atom. The van der Waals surface area contributed by atoms with Crippen LogP contribution in [-0.4, -0.2) is 72.1 Å². The van der Waals surface area contributed by atoms with Crippen molar-refractivity contribution in [3.8, 4) is 22.8 Å². The van der Waals surface area contributed by atoms with Crippen LogP contribution in [0.1, 0.15) is 16.7 Å².